The van der Waals surface area contributed by atoms with Gasteiger partial charge in [-0.05, 0) is 32.3 Å². The predicted molar refractivity (Wildman–Crippen MR) is 80.1 cm³/mol. The molecule has 2 heteroatoms. The SMILES string of the molecule is Cc1ccc(CN(CC(C)O)C2CCCCC2)cc1. The lowest BCUT2D eigenvalue weighted by atomic mass is 9.93. The van der Waals surface area contributed by atoms with E-state index in [2.05, 4.69) is 36.1 Å². The van der Waals surface area contributed by atoms with Gasteiger partial charge in [0.1, 0.15) is 0 Å². The van der Waals surface area contributed by atoms with Crippen LogP contribution >= 0.6 is 0 Å². The molecular formula is C17H27NO. The van der Waals surface area contributed by atoms with Crippen LogP contribution in [0.3, 0.4) is 0 Å². The minimum absolute atomic E-state index is 0.243. The second-order valence-corrected chi connectivity index (χ2v) is 6.06. The average Bonchev–Trinajstić information content (AvgIpc) is 2.41. The zero-order valence-electron chi connectivity index (χ0n) is 12.3. The van der Waals surface area contributed by atoms with Crippen molar-refractivity contribution in [2.24, 2.45) is 0 Å². The van der Waals surface area contributed by atoms with E-state index in [0.29, 0.717) is 6.04 Å². The van der Waals surface area contributed by atoms with Crippen molar-refractivity contribution in [2.45, 2.75) is 64.6 Å². The summed E-state index contributed by atoms with van der Waals surface area (Å²) in [6.07, 6.45) is 6.40. The summed E-state index contributed by atoms with van der Waals surface area (Å²) in [5.74, 6) is 0. The van der Waals surface area contributed by atoms with Crippen molar-refractivity contribution in [1.29, 1.82) is 0 Å². The third-order valence-electron chi connectivity index (χ3n) is 4.10. The molecule has 1 fully saturated rings. The molecule has 0 bridgehead atoms. The first-order valence-corrected chi connectivity index (χ1v) is 7.63. The fourth-order valence-corrected chi connectivity index (χ4v) is 3.06. The van der Waals surface area contributed by atoms with Crippen LogP contribution in [0.1, 0.15) is 50.2 Å². The van der Waals surface area contributed by atoms with E-state index in [4.69, 9.17) is 0 Å². The van der Waals surface area contributed by atoms with Crippen LogP contribution in [-0.4, -0.2) is 28.7 Å². The number of hydrogen-bond acceptors (Lipinski definition) is 2. The summed E-state index contributed by atoms with van der Waals surface area (Å²) in [6.45, 7) is 5.78. The van der Waals surface area contributed by atoms with Gasteiger partial charge in [-0.15, -0.1) is 0 Å². The lowest BCUT2D eigenvalue weighted by Crippen LogP contribution is -2.40. The van der Waals surface area contributed by atoms with Crippen molar-refractivity contribution in [3.05, 3.63) is 35.4 Å². The van der Waals surface area contributed by atoms with Crippen LogP contribution < -0.4 is 0 Å². The lowest BCUT2D eigenvalue weighted by Gasteiger charge is -2.35. The Morgan fingerprint density at radius 1 is 1.16 bits per heavy atom. The van der Waals surface area contributed by atoms with E-state index < -0.39 is 0 Å². The number of aliphatic hydroxyl groups is 1. The van der Waals surface area contributed by atoms with Gasteiger partial charge in [0, 0.05) is 19.1 Å². The Morgan fingerprint density at radius 3 is 2.37 bits per heavy atom. The van der Waals surface area contributed by atoms with Gasteiger partial charge in [-0.3, -0.25) is 4.90 Å². The van der Waals surface area contributed by atoms with Gasteiger partial charge in [0.2, 0.25) is 0 Å². The molecule has 1 saturated carbocycles. The first-order chi connectivity index (χ1) is 9.15. The number of benzene rings is 1. The van der Waals surface area contributed by atoms with Crippen LogP contribution in [0.15, 0.2) is 24.3 Å². The van der Waals surface area contributed by atoms with E-state index in [1.807, 2.05) is 6.92 Å². The van der Waals surface area contributed by atoms with E-state index in [9.17, 15) is 5.11 Å². The van der Waals surface area contributed by atoms with Crippen molar-refractivity contribution >= 4 is 0 Å². The summed E-state index contributed by atoms with van der Waals surface area (Å²) < 4.78 is 0. The van der Waals surface area contributed by atoms with Gasteiger partial charge in [-0.1, -0.05) is 49.1 Å². The minimum Gasteiger partial charge on any atom is -0.392 e. The second-order valence-electron chi connectivity index (χ2n) is 6.06. The molecule has 1 atom stereocenters. The van der Waals surface area contributed by atoms with E-state index in [1.165, 1.54) is 43.2 Å². The quantitative estimate of drug-likeness (QED) is 0.876. The Kier molecular flexibility index (Phi) is 5.41. The molecule has 0 spiro atoms. The van der Waals surface area contributed by atoms with Crippen molar-refractivity contribution in [1.82, 2.24) is 4.90 Å². The number of aliphatic hydroxyl groups excluding tert-OH is 1. The van der Waals surface area contributed by atoms with Gasteiger partial charge in [-0.2, -0.15) is 0 Å². The highest BCUT2D eigenvalue weighted by Gasteiger charge is 2.22. The van der Waals surface area contributed by atoms with Gasteiger partial charge in [-0.25, -0.2) is 0 Å². The molecule has 2 rings (SSSR count). The smallest absolute Gasteiger partial charge is 0.0639 e. The monoisotopic (exact) mass is 261 g/mol. The standard InChI is InChI=1S/C17H27NO/c1-14-8-10-16(11-9-14)13-18(12-15(2)19)17-6-4-3-5-7-17/h8-11,15,17,19H,3-7,12-13H2,1-2H3. The molecule has 1 aliphatic carbocycles. The van der Waals surface area contributed by atoms with Crippen molar-refractivity contribution in [3.63, 3.8) is 0 Å². The predicted octanol–water partition coefficient (Wildman–Crippen LogP) is 3.51. The zero-order chi connectivity index (χ0) is 13.7. The number of nitrogens with zero attached hydrogens (tertiary/aromatic N) is 1. The van der Waals surface area contributed by atoms with Crippen LogP contribution in [0.4, 0.5) is 0 Å². The van der Waals surface area contributed by atoms with E-state index in [0.717, 1.165) is 13.1 Å². The first-order valence-electron chi connectivity index (χ1n) is 7.63. The fourth-order valence-electron chi connectivity index (χ4n) is 3.06. The molecule has 0 heterocycles. The van der Waals surface area contributed by atoms with Crippen molar-refractivity contribution < 1.29 is 5.11 Å². The summed E-state index contributed by atoms with van der Waals surface area (Å²) in [6, 6.07) is 9.44. The molecular weight excluding hydrogens is 234 g/mol. The summed E-state index contributed by atoms with van der Waals surface area (Å²) in [5, 5.41) is 9.73. The Bertz CT molecular complexity index is 365. The van der Waals surface area contributed by atoms with E-state index in [-0.39, 0.29) is 6.10 Å². The second kappa shape index (κ2) is 7.06. The summed E-state index contributed by atoms with van der Waals surface area (Å²) in [4.78, 5) is 2.48. The first kappa shape index (κ1) is 14.5. The number of rotatable bonds is 5. The van der Waals surface area contributed by atoms with Crippen LogP contribution in [0, 0.1) is 6.92 Å². The van der Waals surface area contributed by atoms with Crippen LogP contribution in [0.2, 0.25) is 0 Å². The zero-order valence-corrected chi connectivity index (χ0v) is 12.3. The molecule has 1 aromatic carbocycles. The topological polar surface area (TPSA) is 23.5 Å². The lowest BCUT2D eigenvalue weighted by molar-refractivity contribution is 0.0769. The normalized spacial score (nSPS) is 18.7. The van der Waals surface area contributed by atoms with Crippen molar-refractivity contribution in [2.75, 3.05) is 6.54 Å². The average molecular weight is 261 g/mol. The van der Waals surface area contributed by atoms with Crippen LogP contribution in [0.25, 0.3) is 0 Å². The van der Waals surface area contributed by atoms with Crippen LogP contribution in [0.5, 0.6) is 0 Å². The maximum Gasteiger partial charge on any atom is 0.0639 e. The van der Waals surface area contributed by atoms with Crippen LogP contribution in [-0.2, 0) is 6.54 Å². The van der Waals surface area contributed by atoms with Crippen molar-refractivity contribution in [3.8, 4) is 0 Å². The summed E-state index contributed by atoms with van der Waals surface area (Å²) >= 11 is 0. The molecule has 19 heavy (non-hydrogen) atoms. The molecule has 2 nitrogen and oxygen atoms in total. The Morgan fingerprint density at radius 2 is 1.79 bits per heavy atom. The highest BCUT2D eigenvalue weighted by Crippen LogP contribution is 2.24. The van der Waals surface area contributed by atoms with Gasteiger partial charge in [0.05, 0.1) is 6.10 Å². The maximum atomic E-state index is 9.73. The summed E-state index contributed by atoms with van der Waals surface area (Å²) in [7, 11) is 0. The highest BCUT2D eigenvalue weighted by atomic mass is 16.3. The molecule has 106 valence electrons. The highest BCUT2D eigenvalue weighted by molar-refractivity contribution is 5.21. The Hall–Kier alpha value is -0.860. The Labute approximate surface area is 117 Å². The van der Waals surface area contributed by atoms with Gasteiger partial charge in [0.25, 0.3) is 0 Å². The molecule has 0 radical (unpaired) electrons. The summed E-state index contributed by atoms with van der Waals surface area (Å²) in [5.41, 5.74) is 2.67. The molecule has 1 aliphatic rings. The maximum absolute atomic E-state index is 9.73. The molecule has 1 N–H and O–H groups in total. The van der Waals surface area contributed by atoms with Gasteiger partial charge in [0.15, 0.2) is 0 Å². The third kappa shape index (κ3) is 4.63. The fraction of sp³-hybridized carbons (Fsp3) is 0.647. The van der Waals surface area contributed by atoms with E-state index in [1.54, 1.807) is 0 Å². The number of hydrogen-bond donors (Lipinski definition) is 1. The third-order valence-corrected chi connectivity index (χ3v) is 4.10. The Balaban J connectivity index is 2.01. The molecule has 0 saturated heterocycles. The molecule has 1 unspecified atom stereocenters. The molecule has 0 aliphatic heterocycles. The molecule has 1 aromatic rings. The minimum atomic E-state index is -0.243. The van der Waals surface area contributed by atoms with Gasteiger partial charge >= 0.3 is 0 Å². The molecule has 0 amide bonds. The van der Waals surface area contributed by atoms with E-state index >= 15 is 0 Å². The number of aryl methyl sites for hydroxylation is 1. The largest absolute Gasteiger partial charge is 0.392 e. The molecule has 0 aromatic heterocycles. The van der Waals surface area contributed by atoms with Gasteiger partial charge < -0.3 is 5.11 Å².